The summed E-state index contributed by atoms with van der Waals surface area (Å²) in [6, 6.07) is 3.83. The quantitative estimate of drug-likeness (QED) is 0.795. The molecule has 0 aliphatic heterocycles. The second-order valence-electron chi connectivity index (χ2n) is 3.77. The molecule has 1 aromatic carbocycles. The zero-order chi connectivity index (χ0) is 12.8. The summed E-state index contributed by atoms with van der Waals surface area (Å²) in [5.74, 6) is 1.05. The fraction of sp³-hybridized carbons (Fsp3) is 0.417. The van der Waals surface area contributed by atoms with Gasteiger partial charge in [0.25, 0.3) is 5.91 Å². The average molecular weight is 256 g/mol. The number of nitrogen functional groups attached to an aromatic ring is 1. The topological polar surface area (TPSA) is 55.1 Å². The van der Waals surface area contributed by atoms with Gasteiger partial charge in [-0.05, 0) is 30.9 Å². The third kappa shape index (κ3) is 4.26. The second kappa shape index (κ2) is 6.49. The maximum Gasteiger partial charge on any atom is 0.253 e. The van der Waals surface area contributed by atoms with Gasteiger partial charge >= 0.3 is 0 Å². The third-order valence-electron chi connectivity index (χ3n) is 2.21. The highest BCUT2D eigenvalue weighted by Gasteiger charge is 2.13. The number of benzene rings is 1. The van der Waals surface area contributed by atoms with Crippen molar-refractivity contribution in [2.45, 2.75) is 19.9 Å². The second-order valence-corrected chi connectivity index (χ2v) is 5.08. The Labute approximate surface area is 105 Å². The smallest absolute Gasteiger partial charge is 0.253 e. The van der Waals surface area contributed by atoms with Gasteiger partial charge in [0.2, 0.25) is 0 Å². The van der Waals surface area contributed by atoms with Gasteiger partial charge in [-0.1, -0.05) is 6.92 Å². The summed E-state index contributed by atoms with van der Waals surface area (Å²) in [6.07, 6.45) is 0. The lowest BCUT2D eigenvalue weighted by molar-refractivity contribution is 0.0944. The Balaban J connectivity index is 2.66. The number of thioether (sulfide) groups is 1. The number of hydrogen-bond donors (Lipinski definition) is 2. The normalized spacial score (nSPS) is 12.2. The Morgan fingerprint density at radius 2 is 2.29 bits per heavy atom. The van der Waals surface area contributed by atoms with Crippen LogP contribution in [-0.4, -0.2) is 23.5 Å². The van der Waals surface area contributed by atoms with Crippen LogP contribution in [0.2, 0.25) is 0 Å². The van der Waals surface area contributed by atoms with Crippen LogP contribution in [0.15, 0.2) is 18.2 Å². The first kappa shape index (κ1) is 13.8. The van der Waals surface area contributed by atoms with Crippen LogP contribution in [0.25, 0.3) is 0 Å². The Morgan fingerprint density at radius 1 is 1.59 bits per heavy atom. The van der Waals surface area contributed by atoms with E-state index in [0.29, 0.717) is 5.69 Å². The van der Waals surface area contributed by atoms with Gasteiger partial charge in [-0.3, -0.25) is 4.79 Å². The highest BCUT2D eigenvalue weighted by Crippen LogP contribution is 2.13. The number of nitrogens with two attached hydrogens (primary N) is 1. The zero-order valence-electron chi connectivity index (χ0n) is 10.00. The summed E-state index contributed by atoms with van der Waals surface area (Å²) in [6.45, 7) is 3.97. The van der Waals surface area contributed by atoms with Crippen molar-refractivity contribution in [2.75, 3.05) is 17.2 Å². The monoisotopic (exact) mass is 256 g/mol. The van der Waals surface area contributed by atoms with Crippen molar-refractivity contribution in [2.24, 2.45) is 0 Å². The molecule has 94 valence electrons. The van der Waals surface area contributed by atoms with Gasteiger partial charge in [-0.15, -0.1) is 0 Å². The van der Waals surface area contributed by atoms with Crippen molar-refractivity contribution in [3.05, 3.63) is 29.6 Å². The number of carbonyl (C=O) groups is 1. The minimum absolute atomic E-state index is 0.0371. The van der Waals surface area contributed by atoms with Crippen LogP contribution in [0, 0.1) is 5.82 Å². The van der Waals surface area contributed by atoms with Crippen LogP contribution >= 0.6 is 11.8 Å². The van der Waals surface area contributed by atoms with Gasteiger partial charge in [0.1, 0.15) is 5.82 Å². The van der Waals surface area contributed by atoms with E-state index in [1.165, 1.54) is 12.1 Å². The van der Waals surface area contributed by atoms with Crippen molar-refractivity contribution >= 4 is 23.4 Å². The van der Waals surface area contributed by atoms with Crippen molar-refractivity contribution in [3.8, 4) is 0 Å². The van der Waals surface area contributed by atoms with Gasteiger partial charge in [-0.2, -0.15) is 11.8 Å². The molecule has 5 heteroatoms. The predicted molar refractivity (Wildman–Crippen MR) is 70.7 cm³/mol. The molecule has 0 aromatic heterocycles. The van der Waals surface area contributed by atoms with Crippen LogP contribution < -0.4 is 11.1 Å². The first-order valence-electron chi connectivity index (χ1n) is 5.48. The molecule has 0 spiro atoms. The van der Waals surface area contributed by atoms with Gasteiger partial charge in [0.15, 0.2) is 0 Å². The largest absolute Gasteiger partial charge is 0.398 e. The third-order valence-corrected chi connectivity index (χ3v) is 3.35. The maximum absolute atomic E-state index is 13.0. The van der Waals surface area contributed by atoms with Gasteiger partial charge in [-0.25, -0.2) is 4.39 Å². The molecule has 0 bridgehead atoms. The number of anilines is 1. The van der Waals surface area contributed by atoms with E-state index < -0.39 is 5.82 Å². The van der Waals surface area contributed by atoms with E-state index in [9.17, 15) is 9.18 Å². The summed E-state index contributed by atoms with van der Waals surface area (Å²) in [5.41, 5.74) is 6.12. The molecule has 0 fully saturated rings. The molecule has 1 rings (SSSR count). The molecule has 0 aliphatic carbocycles. The summed E-state index contributed by atoms with van der Waals surface area (Å²) in [5, 5.41) is 2.79. The highest BCUT2D eigenvalue weighted by molar-refractivity contribution is 7.99. The molecule has 0 radical (unpaired) electrons. The Hall–Kier alpha value is -1.23. The van der Waals surface area contributed by atoms with Gasteiger partial charge in [0, 0.05) is 17.5 Å². The fourth-order valence-electron chi connectivity index (χ4n) is 1.36. The highest BCUT2D eigenvalue weighted by atomic mass is 32.2. The lowest BCUT2D eigenvalue weighted by atomic mass is 10.1. The Kier molecular flexibility index (Phi) is 5.28. The average Bonchev–Trinajstić information content (AvgIpc) is 2.29. The number of carbonyl (C=O) groups excluding carboxylic acids is 1. The van der Waals surface area contributed by atoms with Crippen LogP contribution in [0.5, 0.6) is 0 Å². The molecule has 0 aliphatic rings. The predicted octanol–water partition coefficient (Wildman–Crippen LogP) is 2.28. The lowest BCUT2D eigenvalue weighted by Gasteiger charge is -2.14. The first-order chi connectivity index (χ1) is 8.04. The Morgan fingerprint density at radius 3 is 2.94 bits per heavy atom. The van der Waals surface area contributed by atoms with Crippen molar-refractivity contribution in [1.29, 1.82) is 0 Å². The number of rotatable bonds is 5. The molecular formula is C12H17FN2OS. The van der Waals surface area contributed by atoms with Crippen LogP contribution in [0.1, 0.15) is 24.2 Å². The van der Waals surface area contributed by atoms with Gasteiger partial charge in [0.05, 0.1) is 5.56 Å². The molecule has 3 N–H and O–H groups in total. The van der Waals surface area contributed by atoms with E-state index in [1.807, 2.05) is 6.92 Å². The number of amides is 1. The minimum atomic E-state index is -0.458. The van der Waals surface area contributed by atoms with E-state index >= 15 is 0 Å². The van der Waals surface area contributed by atoms with Crippen molar-refractivity contribution < 1.29 is 9.18 Å². The molecule has 3 nitrogen and oxygen atoms in total. The SMILES string of the molecule is CCSCC(C)NC(=O)c1cc(F)ccc1N. The fourth-order valence-corrected chi connectivity index (χ4v) is 2.04. The van der Waals surface area contributed by atoms with Crippen molar-refractivity contribution in [3.63, 3.8) is 0 Å². The van der Waals surface area contributed by atoms with Crippen LogP contribution in [0.3, 0.4) is 0 Å². The molecule has 0 heterocycles. The summed E-state index contributed by atoms with van der Waals surface area (Å²) < 4.78 is 13.0. The van der Waals surface area contributed by atoms with Crippen LogP contribution in [0.4, 0.5) is 10.1 Å². The first-order valence-corrected chi connectivity index (χ1v) is 6.63. The summed E-state index contributed by atoms with van der Waals surface area (Å²) >= 11 is 1.74. The van der Waals surface area contributed by atoms with E-state index in [2.05, 4.69) is 12.2 Å². The van der Waals surface area contributed by atoms with Crippen molar-refractivity contribution in [1.82, 2.24) is 5.32 Å². The molecule has 1 aromatic rings. The number of halogens is 1. The summed E-state index contributed by atoms with van der Waals surface area (Å²) in [7, 11) is 0. The standard InChI is InChI=1S/C12H17FN2OS/c1-3-17-7-8(2)15-12(16)10-6-9(13)4-5-11(10)14/h4-6,8H,3,7,14H2,1-2H3,(H,15,16). The summed E-state index contributed by atoms with van der Waals surface area (Å²) in [4.78, 5) is 11.8. The molecule has 1 atom stereocenters. The van der Waals surface area contributed by atoms with E-state index in [0.717, 1.165) is 17.6 Å². The zero-order valence-corrected chi connectivity index (χ0v) is 10.8. The van der Waals surface area contributed by atoms with Crippen LogP contribution in [-0.2, 0) is 0 Å². The molecular weight excluding hydrogens is 239 g/mol. The number of nitrogens with one attached hydrogen (secondary N) is 1. The molecule has 0 saturated heterocycles. The molecule has 17 heavy (non-hydrogen) atoms. The van der Waals surface area contributed by atoms with E-state index in [4.69, 9.17) is 5.73 Å². The molecule has 0 saturated carbocycles. The van der Waals surface area contributed by atoms with E-state index in [-0.39, 0.29) is 17.5 Å². The lowest BCUT2D eigenvalue weighted by Crippen LogP contribution is -2.34. The number of hydrogen-bond acceptors (Lipinski definition) is 3. The van der Waals surface area contributed by atoms with Gasteiger partial charge < -0.3 is 11.1 Å². The minimum Gasteiger partial charge on any atom is -0.398 e. The Bertz CT molecular complexity index is 398. The van der Waals surface area contributed by atoms with E-state index in [1.54, 1.807) is 11.8 Å². The maximum atomic E-state index is 13.0. The molecule has 1 unspecified atom stereocenters. The molecule has 1 amide bonds.